The highest BCUT2D eigenvalue weighted by molar-refractivity contribution is 7.15. The summed E-state index contributed by atoms with van der Waals surface area (Å²) in [5, 5.41) is 10.5. The molecule has 0 bridgehead atoms. The average molecular weight is 379 g/mol. The monoisotopic (exact) mass is 378 g/mol. The second-order valence-corrected chi connectivity index (χ2v) is 8.10. The van der Waals surface area contributed by atoms with Gasteiger partial charge in [0.05, 0.1) is 0 Å². The summed E-state index contributed by atoms with van der Waals surface area (Å²) >= 11 is 1.73. The minimum atomic E-state index is -0.202. The lowest BCUT2D eigenvalue weighted by atomic mass is 10.1. The largest absolute Gasteiger partial charge is 0.396 e. The number of thiazole rings is 1. The maximum absolute atomic E-state index is 13.1. The number of piperazine rings is 1. The molecule has 0 spiro atoms. The summed E-state index contributed by atoms with van der Waals surface area (Å²) in [6.07, 6.45) is 2.72. The van der Waals surface area contributed by atoms with E-state index >= 15 is 0 Å². The van der Waals surface area contributed by atoms with E-state index in [1.165, 1.54) is 17.0 Å². The zero-order valence-corrected chi connectivity index (χ0v) is 16.3. The lowest BCUT2D eigenvalue weighted by molar-refractivity contribution is 0.0504. The van der Waals surface area contributed by atoms with Crippen LogP contribution in [0.4, 0.5) is 9.52 Å². The molecule has 0 radical (unpaired) electrons. The Hall–Kier alpha value is -1.54. The Morgan fingerprint density at radius 1 is 1.23 bits per heavy atom. The first-order valence-corrected chi connectivity index (χ1v) is 9.80. The summed E-state index contributed by atoms with van der Waals surface area (Å²) in [6, 6.07) is 7.02. The fourth-order valence-corrected chi connectivity index (χ4v) is 4.23. The minimum absolute atomic E-state index is 0.184. The highest BCUT2D eigenvalue weighted by Crippen LogP contribution is 2.24. The van der Waals surface area contributed by atoms with E-state index in [-0.39, 0.29) is 12.4 Å². The van der Waals surface area contributed by atoms with Gasteiger partial charge in [0, 0.05) is 70.5 Å². The smallest absolute Gasteiger partial charge is 0.185 e. The topological polar surface area (TPSA) is 42.8 Å². The van der Waals surface area contributed by atoms with Gasteiger partial charge >= 0.3 is 0 Å². The second-order valence-electron chi connectivity index (χ2n) is 7.00. The van der Waals surface area contributed by atoms with Gasteiger partial charge in [-0.05, 0) is 24.1 Å². The number of nitrogens with zero attached hydrogens (tertiary/aromatic N) is 4. The number of hydrogen-bond acceptors (Lipinski definition) is 6. The first-order chi connectivity index (χ1) is 12.5. The Bertz CT molecular complexity index is 691. The Kier molecular flexibility index (Phi) is 6.58. The number of anilines is 1. The van der Waals surface area contributed by atoms with E-state index in [1.54, 1.807) is 11.3 Å². The first-order valence-electron chi connectivity index (χ1n) is 8.99. The number of rotatable bonds is 7. The normalized spacial score (nSPS) is 19.0. The summed E-state index contributed by atoms with van der Waals surface area (Å²) in [5.74, 6) is -0.202. The van der Waals surface area contributed by atoms with Gasteiger partial charge in [-0.2, -0.15) is 0 Å². The van der Waals surface area contributed by atoms with Crippen LogP contribution in [0, 0.1) is 5.82 Å². The number of halogens is 1. The van der Waals surface area contributed by atoms with Crippen molar-refractivity contribution < 1.29 is 9.50 Å². The van der Waals surface area contributed by atoms with Gasteiger partial charge in [-0.15, -0.1) is 11.3 Å². The third-order valence-electron chi connectivity index (χ3n) is 4.75. The van der Waals surface area contributed by atoms with Crippen LogP contribution in [0.3, 0.4) is 0 Å². The summed E-state index contributed by atoms with van der Waals surface area (Å²) in [5.41, 5.74) is 1.11. The average Bonchev–Trinajstić information content (AvgIpc) is 3.08. The molecule has 1 atom stereocenters. The summed E-state index contributed by atoms with van der Waals surface area (Å²) < 4.78 is 13.1. The zero-order chi connectivity index (χ0) is 18.5. The van der Waals surface area contributed by atoms with Crippen LogP contribution in [0.1, 0.15) is 16.9 Å². The molecule has 0 saturated carbocycles. The van der Waals surface area contributed by atoms with Gasteiger partial charge in [0.1, 0.15) is 5.82 Å². The molecule has 26 heavy (non-hydrogen) atoms. The maximum Gasteiger partial charge on any atom is 0.185 e. The van der Waals surface area contributed by atoms with Crippen LogP contribution in [0.15, 0.2) is 30.5 Å². The quantitative estimate of drug-likeness (QED) is 0.802. The molecule has 1 aromatic heterocycles. The fourth-order valence-electron chi connectivity index (χ4n) is 3.35. The van der Waals surface area contributed by atoms with Crippen molar-refractivity contribution >= 4 is 16.5 Å². The van der Waals surface area contributed by atoms with Crippen LogP contribution in [0.5, 0.6) is 0 Å². The van der Waals surface area contributed by atoms with Crippen molar-refractivity contribution in [1.82, 2.24) is 14.8 Å². The van der Waals surface area contributed by atoms with E-state index in [2.05, 4.69) is 14.8 Å². The van der Waals surface area contributed by atoms with Gasteiger partial charge in [-0.1, -0.05) is 12.1 Å². The molecule has 1 unspecified atom stereocenters. The highest BCUT2D eigenvalue weighted by atomic mass is 32.1. The standard InChI is InChI=1S/C19H27FN4OS/c1-22(2)19-21-11-18(26-19)14-23-8-9-24(17(13-23)7-10-25)12-15-3-5-16(20)6-4-15/h3-6,11,17,25H,7-10,12-14H2,1-2H3. The molecular weight excluding hydrogens is 351 g/mol. The molecule has 7 heteroatoms. The Morgan fingerprint density at radius 2 is 2.00 bits per heavy atom. The molecule has 1 N–H and O–H groups in total. The Balaban J connectivity index is 1.60. The molecule has 0 amide bonds. The van der Waals surface area contributed by atoms with Gasteiger partial charge < -0.3 is 10.0 Å². The molecular formula is C19H27FN4OS. The van der Waals surface area contributed by atoms with Crippen molar-refractivity contribution in [2.75, 3.05) is 45.2 Å². The Labute approximate surface area is 158 Å². The van der Waals surface area contributed by atoms with Crippen molar-refractivity contribution in [3.8, 4) is 0 Å². The van der Waals surface area contributed by atoms with E-state index in [0.717, 1.165) is 49.8 Å². The number of aliphatic hydroxyl groups is 1. The molecule has 3 rings (SSSR count). The van der Waals surface area contributed by atoms with Crippen LogP contribution in [-0.2, 0) is 13.1 Å². The number of hydrogen-bond donors (Lipinski definition) is 1. The molecule has 5 nitrogen and oxygen atoms in total. The van der Waals surface area contributed by atoms with E-state index in [0.29, 0.717) is 6.04 Å². The van der Waals surface area contributed by atoms with Crippen molar-refractivity contribution in [2.24, 2.45) is 0 Å². The fraction of sp³-hybridized carbons (Fsp3) is 0.526. The van der Waals surface area contributed by atoms with Crippen LogP contribution in [-0.4, -0.2) is 66.3 Å². The van der Waals surface area contributed by atoms with Crippen LogP contribution >= 0.6 is 11.3 Å². The van der Waals surface area contributed by atoms with Gasteiger partial charge in [0.2, 0.25) is 0 Å². The SMILES string of the molecule is CN(C)c1ncc(CN2CCN(Cc3ccc(F)cc3)C(CCO)C2)s1. The minimum Gasteiger partial charge on any atom is -0.396 e. The summed E-state index contributed by atoms with van der Waals surface area (Å²) in [6.45, 7) is 4.74. The molecule has 1 fully saturated rings. The van der Waals surface area contributed by atoms with E-state index in [1.807, 2.05) is 37.3 Å². The Morgan fingerprint density at radius 3 is 2.65 bits per heavy atom. The summed E-state index contributed by atoms with van der Waals surface area (Å²) in [4.78, 5) is 12.6. The van der Waals surface area contributed by atoms with Crippen molar-refractivity contribution in [2.45, 2.75) is 25.6 Å². The van der Waals surface area contributed by atoms with Crippen molar-refractivity contribution in [1.29, 1.82) is 0 Å². The van der Waals surface area contributed by atoms with E-state index in [4.69, 9.17) is 0 Å². The number of benzene rings is 1. The highest BCUT2D eigenvalue weighted by Gasteiger charge is 2.27. The van der Waals surface area contributed by atoms with E-state index < -0.39 is 0 Å². The predicted molar refractivity (Wildman–Crippen MR) is 104 cm³/mol. The van der Waals surface area contributed by atoms with Gasteiger partial charge in [-0.25, -0.2) is 9.37 Å². The number of aliphatic hydroxyl groups excluding tert-OH is 1. The van der Waals surface area contributed by atoms with E-state index in [9.17, 15) is 9.50 Å². The van der Waals surface area contributed by atoms with Crippen LogP contribution in [0.2, 0.25) is 0 Å². The van der Waals surface area contributed by atoms with Crippen LogP contribution in [0.25, 0.3) is 0 Å². The van der Waals surface area contributed by atoms with Gasteiger partial charge in [0.25, 0.3) is 0 Å². The van der Waals surface area contributed by atoms with Gasteiger partial charge in [0.15, 0.2) is 5.13 Å². The molecule has 0 aliphatic carbocycles. The molecule has 2 aromatic rings. The lowest BCUT2D eigenvalue weighted by Gasteiger charge is -2.41. The summed E-state index contributed by atoms with van der Waals surface area (Å²) in [7, 11) is 4.02. The van der Waals surface area contributed by atoms with Gasteiger partial charge in [-0.3, -0.25) is 9.80 Å². The van der Waals surface area contributed by atoms with Crippen LogP contribution < -0.4 is 4.90 Å². The zero-order valence-electron chi connectivity index (χ0n) is 15.4. The maximum atomic E-state index is 13.1. The first kappa shape index (κ1) is 19.2. The third kappa shape index (κ3) is 5.01. The molecule has 1 aliphatic heterocycles. The number of aromatic nitrogens is 1. The predicted octanol–water partition coefficient (Wildman–Crippen LogP) is 2.42. The molecule has 1 saturated heterocycles. The second kappa shape index (κ2) is 8.90. The molecule has 1 aromatic carbocycles. The molecule has 2 heterocycles. The molecule has 1 aliphatic rings. The third-order valence-corrected chi connectivity index (χ3v) is 5.90. The van der Waals surface area contributed by atoms with Crippen molar-refractivity contribution in [3.63, 3.8) is 0 Å². The van der Waals surface area contributed by atoms with Crippen molar-refractivity contribution in [3.05, 3.63) is 46.7 Å². The molecule has 142 valence electrons. The lowest BCUT2D eigenvalue weighted by Crippen LogP contribution is -2.52.